The number of fused-ring (bicyclic) bond motifs is 2. The summed E-state index contributed by atoms with van der Waals surface area (Å²) >= 11 is 1.32. The highest BCUT2D eigenvalue weighted by Crippen LogP contribution is 2.35. The molecule has 0 aliphatic heterocycles. The molecule has 4 nitrogen and oxygen atoms in total. The Morgan fingerprint density at radius 2 is 1.96 bits per heavy atom. The quantitative estimate of drug-likeness (QED) is 0.355. The standard InChI is InChI=1S/C19H13F3N2O2S/c1-2-27-17-16(13-9-11-5-3-4-6-14(11)26-18(13)25)23-15-8-7-12(10-24(15)17)19(20,21)22/h3-10H,2H2,1H3. The second-order valence-corrected chi connectivity index (χ2v) is 7.08. The Hall–Kier alpha value is -2.74. The molecule has 1 aromatic carbocycles. The number of rotatable bonds is 3. The number of alkyl halides is 3. The van der Waals surface area contributed by atoms with Crippen molar-refractivity contribution in [2.24, 2.45) is 0 Å². The minimum atomic E-state index is -4.46. The number of halogens is 3. The molecule has 0 saturated heterocycles. The van der Waals surface area contributed by atoms with Crippen molar-refractivity contribution in [3.63, 3.8) is 0 Å². The third kappa shape index (κ3) is 3.10. The van der Waals surface area contributed by atoms with Gasteiger partial charge in [-0.1, -0.05) is 25.1 Å². The van der Waals surface area contributed by atoms with Gasteiger partial charge in [0.05, 0.1) is 11.1 Å². The van der Waals surface area contributed by atoms with Crippen molar-refractivity contribution in [1.82, 2.24) is 9.38 Å². The molecule has 0 aliphatic carbocycles. The first-order valence-electron chi connectivity index (χ1n) is 8.14. The first kappa shape index (κ1) is 17.7. The Labute approximate surface area is 155 Å². The molecule has 0 saturated carbocycles. The van der Waals surface area contributed by atoms with Crippen molar-refractivity contribution >= 4 is 28.4 Å². The zero-order valence-corrected chi connectivity index (χ0v) is 14.9. The molecule has 0 radical (unpaired) electrons. The smallest absolute Gasteiger partial charge is 0.417 e. The minimum Gasteiger partial charge on any atom is -0.422 e. The van der Waals surface area contributed by atoms with Crippen LogP contribution in [0.4, 0.5) is 13.2 Å². The zero-order valence-electron chi connectivity index (χ0n) is 14.1. The summed E-state index contributed by atoms with van der Waals surface area (Å²) in [4.78, 5) is 16.9. The maximum atomic E-state index is 13.1. The van der Waals surface area contributed by atoms with Crippen molar-refractivity contribution in [1.29, 1.82) is 0 Å². The molecule has 27 heavy (non-hydrogen) atoms. The zero-order chi connectivity index (χ0) is 19.2. The summed E-state index contributed by atoms with van der Waals surface area (Å²) in [5.74, 6) is 0.607. The Morgan fingerprint density at radius 1 is 1.19 bits per heavy atom. The molecule has 0 aliphatic rings. The van der Waals surface area contributed by atoms with Gasteiger partial charge in [-0.25, -0.2) is 9.78 Å². The number of hydrogen-bond acceptors (Lipinski definition) is 4. The molecular formula is C19H13F3N2O2S. The van der Waals surface area contributed by atoms with E-state index in [1.165, 1.54) is 22.2 Å². The Bertz CT molecular complexity index is 1210. The second kappa shape index (κ2) is 6.45. The van der Waals surface area contributed by atoms with Crippen LogP contribution in [-0.2, 0) is 6.18 Å². The lowest BCUT2D eigenvalue weighted by Crippen LogP contribution is -2.06. The van der Waals surface area contributed by atoms with E-state index in [1.54, 1.807) is 24.3 Å². The number of imidazole rings is 1. The van der Waals surface area contributed by atoms with E-state index < -0.39 is 17.4 Å². The van der Waals surface area contributed by atoms with E-state index in [9.17, 15) is 18.0 Å². The Morgan fingerprint density at radius 3 is 2.70 bits per heavy atom. The molecule has 0 bridgehead atoms. The highest BCUT2D eigenvalue weighted by atomic mass is 32.2. The summed E-state index contributed by atoms with van der Waals surface area (Å²) in [7, 11) is 0. The maximum absolute atomic E-state index is 13.1. The van der Waals surface area contributed by atoms with Gasteiger partial charge in [0, 0.05) is 11.6 Å². The van der Waals surface area contributed by atoms with E-state index in [0.717, 1.165) is 12.3 Å². The van der Waals surface area contributed by atoms with Crippen LogP contribution in [0.1, 0.15) is 12.5 Å². The molecule has 138 valence electrons. The van der Waals surface area contributed by atoms with E-state index in [4.69, 9.17) is 4.42 Å². The highest BCUT2D eigenvalue weighted by molar-refractivity contribution is 7.99. The number of para-hydroxylation sites is 1. The Balaban J connectivity index is 2.00. The van der Waals surface area contributed by atoms with Gasteiger partial charge in [-0.15, -0.1) is 11.8 Å². The fourth-order valence-electron chi connectivity index (χ4n) is 2.87. The van der Waals surface area contributed by atoms with Gasteiger partial charge in [-0.05, 0) is 30.0 Å². The van der Waals surface area contributed by atoms with Gasteiger partial charge in [0.1, 0.15) is 22.0 Å². The molecule has 0 atom stereocenters. The van der Waals surface area contributed by atoms with Crippen molar-refractivity contribution < 1.29 is 17.6 Å². The molecule has 0 amide bonds. The van der Waals surface area contributed by atoms with Crippen LogP contribution in [0.2, 0.25) is 0 Å². The number of aromatic nitrogens is 2. The molecule has 3 heterocycles. The van der Waals surface area contributed by atoms with Gasteiger partial charge in [-0.3, -0.25) is 4.40 Å². The van der Waals surface area contributed by atoms with E-state index in [2.05, 4.69) is 4.98 Å². The van der Waals surface area contributed by atoms with E-state index >= 15 is 0 Å². The van der Waals surface area contributed by atoms with Crippen molar-refractivity contribution in [2.75, 3.05) is 5.75 Å². The van der Waals surface area contributed by atoms with Crippen LogP contribution < -0.4 is 5.63 Å². The SMILES string of the molecule is CCSc1c(-c2cc3ccccc3oc2=O)nc2ccc(C(F)(F)F)cn12. The molecule has 8 heteroatoms. The number of thioether (sulfide) groups is 1. The van der Waals surface area contributed by atoms with Crippen LogP contribution >= 0.6 is 11.8 Å². The highest BCUT2D eigenvalue weighted by Gasteiger charge is 2.31. The van der Waals surface area contributed by atoms with Crippen LogP contribution in [0.15, 0.2) is 62.9 Å². The van der Waals surface area contributed by atoms with E-state index in [0.29, 0.717) is 33.1 Å². The van der Waals surface area contributed by atoms with Crippen molar-refractivity contribution in [3.8, 4) is 11.3 Å². The maximum Gasteiger partial charge on any atom is 0.417 e. The second-order valence-electron chi connectivity index (χ2n) is 5.83. The van der Waals surface area contributed by atoms with Crippen molar-refractivity contribution in [2.45, 2.75) is 18.1 Å². The monoisotopic (exact) mass is 390 g/mol. The third-order valence-corrected chi connectivity index (χ3v) is 5.03. The normalized spacial score (nSPS) is 12.1. The van der Waals surface area contributed by atoms with Crippen LogP contribution in [0.5, 0.6) is 0 Å². The van der Waals surface area contributed by atoms with Gasteiger partial charge in [0.25, 0.3) is 0 Å². The molecule has 0 fully saturated rings. The number of nitrogens with zero attached hydrogens (tertiary/aromatic N) is 2. The summed E-state index contributed by atoms with van der Waals surface area (Å²) in [5, 5.41) is 1.19. The summed E-state index contributed by atoms with van der Waals surface area (Å²) < 4.78 is 46.0. The lowest BCUT2D eigenvalue weighted by molar-refractivity contribution is -0.137. The van der Waals surface area contributed by atoms with Gasteiger partial charge < -0.3 is 4.42 Å². The molecule has 4 rings (SSSR count). The number of benzene rings is 1. The van der Waals surface area contributed by atoms with Crippen molar-refractivity contribution in [3.05, 3.63) is 64.6 Å². The molecule has 3 aromatic heterocycles. The van der Waals surface area contributed by atoms with Crippen LogP contribution in [0.3, 0.4) is 0 Å². The van der Waals surface area contributed by atoms with Gasteiger partial charge in [0.15, 0.2) is 0 Å². The summed E-state index contributed by atoms with van der Waals surface area (Å²) in [6.45, 7) is 1.88. The van der Waals surface area contributed by atoms with E-state index in [1.807, 2.05) is 13.0 Å². The topological polar surface area (TPSA) is 47.5 Å². The van der Waals surface area contributed by atoms with Crippen LogP contribution in [0, 0.1) is 0 Å². The third-order valence-electron chi connectivity index (χ3n) is 4.08. The lowest BCUT2D eigenvalue weighted by atomic mass is 10.1. The first-order chi connectivity index (χ1) is 12.9. The molecule has 0 unspecified atom stereocenters. The fraction of sp³-hybridized carbons (Fsp3) is 0.158. The first-order valence-corrected chi connectivity index (χ1v) is 9.12. The summed E-state index contributed by atoms with van der Waals surface area (Å²) in [6, 6.07) is 11.0. The molecule has 0 spiro atoms. The van der Waals surface area contributed by atoms with Crippen LogP contribution in [0.25, 0.3) is 27.9 Å². The molecule has 0 N–H and O–H groups in total. The average molecular weight is 390 g/mol. The number of pyridine rings is 1. The van der Waals surface area contributed by atoms with Gasteiger partial charge >= 0.3 is 11.8 Å². The Kier molecular flexibility index (Phi) is 4.22. The van der Waals surface area contributed by atoms with Gasteiger partial charge in [-0.2, -0.15) is 13.2 Å². The molecule has 4 aromatic rings. The predicted octanol–water partition coefficient (Wildman–Crippen LogP) is 5.24. The van der Waals surface area contributed by atoms with E-state index in [-0.39, 0.29) is 5.56 Å². The summed E-state index contributed by atoms with van der Waals surface area (Å²) in [6.07, 6.45) is -3.46. The predicted molar refractivity (Wildman–Crippen MR) is 98.1 cm³/mol. The minimum absolute atomic E-state index is 0.224. The average Bonchev–Trinajstić information content (AvgIpc) is 2.98. The number of hydrogen-bond donors (Lipinski definition) is 0. The fourth-order valence-corrected chi connectivity index (χ4v) is 3.72. The van der Waals surface area contributed by atoms with Gasteiger partial charge in [0.2, 0.25) is 0 Å². The van der Waals surface area contributed by atoms with Crippen LogP contribution in [-0.4, -0.2) is 15.1 Å². The lowest BCUT2D eigenvalue weighted by Gasteiger charge is -2.08. The summed E-state index contributed by atoms with van der Waals surface area (Å²) in [5.41, 5.74) is -0.0308. The largest absolute Gasteiger partial charge is 0.422 e. The molecular weight excluding hydrogens is 377 g/mol.